The fraction of sp³-hybridized carbons (Fsp3) is 0.444. The molecule has 1 amide bonds. The second-order valence-corrected chi connectivity index (χ2v) is 6.36. The van der Waals surface area contributed by atoms with Gasteiger partial charge in [-0.15, -0.1) is 0 Å². The molecule has 1 aromatic carbocycles. The van der Waals surface area contributed by atoms with Gasteiger partial charge >= 0.3 is 0 Å². The van der Waals surface area contributed by atoms with E-state index in [1.165, 1.54) is 0 Å². The smallest absolute Gasteiger partial charge is 0.260 e. The van der Waals surface area contributed by atoms with Crippen molar-refractivity contribution < 1.29 is 18.3 Å². The average molecular weight is 349 g/mol. The molecule has 1 saturated heterocycles. The Labute approximate surface area is 145 Å². The molecule has 3 rings (SSSR count). The van der Waals surface area contributed by atoms with Gasteiger partial charge in [-0.3, -0.25) is 9.48 Å². The Kier molecular flexibility index (Phi) is 5.01. The van der Waals surface area contributed by atoms with Gasteiger partial charge in [-0.25, -0.2) is 8.78 Å². The van der Waals surface area contributed by atoms with Gasteiger partial charge in [0.2, 0.25) is 0 Å². The molecule has 2 aromatic rings. The molecule has 134 valence electrons. The summed E-state index contributed by atoms with van der Waals surface area (Å²) < 4.78 is 33.8. The second kappa shape index (κ2) is 7.21. The molecular formula is C18H21F2N3O2. The van der Waals surface area contributed by atoms with Crippen molar-refractivity contribution in [3.05, 3.63) is 47.3 Å². The predicted octanol–water partition coefficient (Wildman–Crippen LogP) is 2.85. The molecule has 0 aliphatic carbocycles. The van der Waals surface area contributed by atoms with Crippen molar-refractivity contribution in [1.82, 2.24) is 14.7 Å². The van der Waals surface area contributed by atoms with Crippen molar-refractivity contribution in [2.45, 2.75) is 39.3 Å². The van der Waals surface area contributed by atoms with Gasteiger partial charge in [-0.1, -0.05) is 0 Å². The summed E-state index contributed by atoms with van der Waals surface area (Å²) in [4.78, 5) is 14.2. The van der Waals surface area contributed by atoms with Crippen LogP contribution < -0.4 is 4.74 Å². The van der Waals surface area contributed by atoms with E-state index in [0.29, 0.717) is 13.1 Å². The van der Waals surface area contributed by atoms with E-state index in [-0.39, 0.29) is 24.3 Å². The maximum Gasteiger partial charge on any atom is 0.260 e. The molecule has 0 spiro atoms. The van der Waals surface area contributed by atoms with Crippen molar-refractivity contribution in [3.63, 3.8) is 0 Å². The molecule has 25 heavy (non-hydrogen) atoms. The fourth-order valence-electron chi connectivity index (χ4n) is 3.22. The monoisotopic (exact) mass is 349 g/mol. The number of carbonyl (C=O) groups excluding carboxylic acids is 1. The van der Waals surface area contributed by atoms with Crippen LogP contribution in [0.1, 0.15) is 24.2 Å². The van der Waals surface area contributed by atoms with Gasteiger partial charge in [0, 0.05) is 18.3 Å². The van der Waals surface area contributed by atoms with Gasteiger partial charge in [0.15, 0.2) is 18.2 Å². The number of carbonyl (C=O) groups is 1. The molecule has 1 fully saturated rings. The summed E-state index contributed by atoms with van der Waals surface area (Å²) >= 11 is 0. The summed E-state index contributed by atoms with van der Waals surface area (Å²) in [5.41, 5.74) is 1.99. The average Bonchev–Trinajstić information content (AvgIpc) is 3.15. The zero-order chi connectivity index (χ0) is 18.0. The highest BCUT2D eigenvalue weighted by Gasteiger charge is 2.29. The van der Waals surface area contributed by atoms with E-state index in [1.807, 2.05) is 24.6 Å². The van der Waals surface area contributed by atoms with E-state index in [1.54, 1.807) is 4.90 Å². The Morgan fingerprint density at radius 3 is 2.84 bits per heavy atom. The van der Waals surface area contributed by atoms with Crippen LogP contribution in [0.25, 0.3) is 0 Å². The van der Waals surface area contributed by atoms with Crippen LogP contribution in [0.4, 0.5) is 8.78 Å². The lowest BCUT2D eigenvalue weighted by Gasteiger charge is -2.25. The number of ether oxygens (including phenoxy) is 1. The quantitative estimate of drug-likeness (QED) is 0.834. The van der Waals surface area contributed by atoms with Gasteiger partial charge in [-0.2, -0.15) is 5.10 Å². The van der Waals surface area contributed by atoms with Crippen LogP contribution >= 0.6 is 0 Å². The van der Waals surface area contributed by atoms with Crippen LogP contribution in [-0.4, -0.2) is 39.8 Å². The molecule has 0 unspecified atom stereocenters. The lowest BCUT2D eigenvalue weighted by molar-refractivity contribution is -0.134. The molecule has 1 aromatic heterocycles. The van der Waals surface area contributed by atoms with Gasteiger partial charge < -0.3 is 9.64 Å². The summed E-state index contributed by atoms with van der Waals surface area (Å²) in [7, 11) is 0. The lowest BCUT2D eigenvalue weighted by atomic mass is 10.2. The first-order valence-corrected chi connectivity index (χ1v) is 8.32. The van der Waals surface area contributed by atoms with Crippen molar-refractivity contribution in [1.29, 1.82) is 0 Å². The molecule has 1 aliphatic rings. The number of hydrogen-bond acceptors (Lipinski definition) is 3. The number of amides is 1. The Morgan fingerprint density at radius 2 is 2.12 bits per heavy atom. The third kappa shape index (κ3) is 3.97. The van der Waals surface area contributed by atoms with Crippen molar-refractivity contribution in [2.75, 3.05) is 13.2 Å². The third-order valence-electron chi connectivity index (χ3n) is 4.43. The SMILES string of the molecule is Cc1cc(C)n(C[C@H]2CCCN2C(=O)COc2cc(F)ccc2F)n1. The van der Waals surface area contributed by atoms with E-state index >= 15 is 0 Å². The number of rotatable bonds is 5. The second-order valence-electron chi connectivity index (χ2n) is 6.36. The van der Waals surface area contributed by atoms with Crippen LogP contribution in [-0.2, 0) is 11.3 Å². The zero-order valence-electron chi connectivity index (χ0n) is 14.3. The highest BCUT2D eigenvalue weighted by Crippen LogP contribution is 2.21. The standard InChI is InChI=1S/C18H21F2N3O2/c1-12-8-13(2)23(21-12)10-15-4-3-7-22(15)18(24)11-25-17-9-14(19)5-6-16(17)20/h5-6,8-9,15H,3-4,7,10-11H2,1-2H3/t15-/m1/s1. The molecule has 0 bridgehead atoms. The van der Waals surface area contributed by atoms with Gasteiger partial charge in [0.05, 0.1) is 18.3 Å². The number of benzene rings is 1. The minimum Gasteiger partial charge on any atom is -0.481 e. The Bertz CT molecular complexity index is 776. The van der Waals surface area contributed by atoms with Crippen molar-refractivity contribution in [2.24, 2.45) is 0 Å². The maximum atomic E-state index is 13.6. The first-order chi connectivity index (χ1) is 11.9. The van der Waals surface area contributed by atoms with E-state index in [0.717, 1.165) is 42.4 Å². The Balaban J connectivity index is 1.62. The van der Waals surface area contributed by atoms with E-state index in [2.05, 4.69) is 5.10 Å². The molecule has 2 heterocycles. The summed E-state index contributed by atoms with van der Waals surface area (Å²) in [6.07, 6.45) is 1.79. The molecule has 7 heteroatoms. The Hall–Kier alpha value is -2.44. The molecule has 1 atom stereocenters. The van der Waals surface area contributed by atoms with Crippen LogP contribution in [0.5, 0.6) is 5.75 Å². The predicted molar refractivity (Wildman–Crippen MR) is 88.3 cm³/mol. The third-order valence-corrected chi connectivity index (χ3v) is 4.43. The molecular weight excluding hydrogens is 328 g/mol. The topological polar surface area (TPSA) is 47.4 Å². The summed E-state index contributed by atoms with van der Waals surface area (Å²) in [6, 6.07) is 4.97. The molecule has 5 nitrogen and oxygen atoms in total. The number of likely N-dealkylation sites (tertiary alicyclic amines) is 1. The van der Waals surface area contributed by atoms with E-state index in [9.17, 15) is 13.6 Å². The highest BCUT2D eigenvalue weighted by atomic mass is 19.1. The van der Waals surface area contributed by atoms with E-state index < -0.39 is 11.6 Å². The summed E-state index contributed by atoms with van der Waals surface area (Å²) in [5, 5.41) is 4.44. The summed E-state index contributed by atoms with van der Waals surface area (Å²) in [5.74, 6) is -1.77. The van der Waals surface area contributed by atoms with Gasteiger partial charge in [0.1, 0.15) is 5.82 Å². The zero-order valence-corrected chi connectivity index (χ0v) is 14.3. The van der Waals surface area contributed by atoms with Crippen molar-refractivity contribution in [3.8, 4) is 5.75 Å². The minimum absolute atomic E-state index is 0.0338. The molecule has 0 radical (unpaired) electrons. The first kappa shape index (κ1) is 17.4. The maximum absolute atomic E-state index is 13.6. The normalized spacial score (nSPS) is 17.1. The highest BCUT2D eigenvalue weighted by molar-refractivity contribution is 5.78. The lowest BCUT2D eigenvalue weighted by Crippen LogP contribution is -2.41. The fourth-order valence-corrected chi connectivity index (χ4v) is 3.22. The number of aromatic nitrogens is 2. The van der Waals surface area contributed by atoms with Crippen LogP contribution in [0, 0.1) is 25.5 Å². The van der Waals surface area contributed by atoms with E-state index in [4.69, 9.17) is 4.74 Å². The number of nitrogens with zero attached hydrogens (tertiary/aromatic N) is 3. The Morgan fingerprint density at radius 1 is 1.32 bits per heavy atom. The number of aryl methyl sites for hydroxylation is 2. The van der Waals surface area contributed by atoms with Crippen LogP contribution in [0.3, 0.4) is 0 Å². The van der Waals surface area contributed by atoms with Gasteiger partial charge in [-0.05, 0) is 44.9 Å². The summed E-state index contributed by atoms with van der Waals surface area (Å²) in [6.45, 7) is 4.87. The number of hydrogen-bond donors (Lipinski definition) is 0. The molecule has 1 aliphatic heterocycles. The molecule has 0 N–H and O–H groups in total. The van der Waals surface area contributed by atoms with Crippen LogP contribution in [0.2, 0.25) is 0 Å². The van der Waals surface area contributed by atoms with Crippen molar-refractivity contribution >= 4 is 5.91 Å². The van der Waals surface area contributed by atoms with Crippen LogP contribution in [0.15, 0.2) is 24.3 Å². The van der Waals surface area contributed by atoms with Gasteiger partial charge in [0.25, 0.3) is 5.91 Å². The number of halogens is 2. The first-order valence-electron chi connectivity index (χ1n) is 8.32. The largest absolute Gasteiger partial charge is 0.481 e. The minimum atomic E-state index is -0.685. The molecule has 0 saturated carbocycles.